The molecule has 0 aliphatic carbocycles. The molecular formula is C11H18N2O3S. The lowest BCUT2D eigenvalue weighted by molar-refractivity contribution is 0.340. The first-order valence-electron chi connectivity index (χ1n) is 5.49. The van der Waals surface area contributed by atoms with Crippen LogP contribution in [0.5, 0.6) is 5.75 Å². The number of nitrogens with one attached hydrogen (secondary N) is 1. The lowest BCUT2D eigenvalue weighted by Gasteiger charge is -2.08. The highest BCUT2D eigenvalue weighted by Gasteiger charge is 2.08. The minimum atomic E-state index is -3.23. The van der Waals surface area contributed by atoms with Crippen molar-refractivity contribution in [2.24, 2.45) is 0 Å². The van der Waals surface area contributed by atoms with Crippen molar-refractivity contribution in [3.8, 4) is 5.75 Å². The van der Waals surface area contributed by atoms with E-state index in [1.807, 2.05) is 6.92 Å². The minimum absolute atomic E-state index is 0.0538. The van der Waals surface area contributed by atoms with Crippen LogP contribution in [-0.4, -0.2) is 27.3 Å². The van der Waals surface area contributed by atoms with Gasteiger partial charge in [0.2, 0.25) is 10.0 Å². The highest BCUT2D eigenvalue weighted by atomic mass is 32.2. The van der Waals surface area contributed by atoms with Crippen molar-refractivity contribution in [2.45, 2.75) is 13.3 Å². The lowest BCUT2D eigenvalue weighted by atomic mass is 10.3. The Morgan fingerprint density at radius 1 is 1.41 bits per heavy atom. The van der Waals surface area contributed by atoms with Crippen molar-refractivity contribution in [1.82, 2.24) is 4.72 Å². The molecule has 0 heterocycles. The third-order valence-corrected chi connectivity index (χ3v) is 3.40. The molecule has 0 bridgehead atoms. The average Bonchev–Trinajstić information content (AvgIpc) is 2.26. The van der Waals surface area contributed by atoms with Crippen molar-refractivity contribution in [3.05, 3.63) is 24.3 Å². The molecule has 0 spiro atoms. The van der Waals surface area contributed by atoms with Gasteiger partial charge in [0.15, 0.2) is 0 Å². The van der Waals surface area contributed by atoms with Gasteiger partial charge in [-0.15, -0.1) is 0 Å². The number of hydrogen-bond donors (Lipinski definition) is 2. The van der Waals surface area contributed by atoms with Crippen molar-refractivity contribution < 1.29 is 13.2 Å². The van der Waals surface area contributed by atoms with Crippen molar-refractivity contribution in [2.75, 3.05) is 24.6 Å². The van der Waals surface area contributed by atoms with Gasteiger partial charge in [-0.05, 0) is 18.6 Å². The Bertz CT molecular complexity index is 446. The summed E-state index contributed by atoms with van der Waals surface area (Å²) >= 11 is 0. The maximum Gasteiger partial charge on any atom is 0.214 e. The second-order valence-corrected chi connectivity index (χ2v) is 5.56. The van der Waals surface area contributed by atoms with Gasteiger partial charge in [0, 0.05) is 18.3 Å². The van der Waals surface area contributed by atoms with E-state index in [1.165, 1.54) is 0 Å². The predicted molar refractivity (Wildman–Crippen MR) is 68.4 cm³/mol. The highest BCUT2D eigenvalue weighted by molar-refractivity contribution is 7.89. The first-order chi connectivity index (χ1) is 8.03. The van der Waals surface area contributed by atoms with E-state index < -0.39 is 10.0 Å². The summed E-state index contributed by atoms with van der Waals surface area (Å²) in [7, 11) is -3.23. The molecular weight excluding hydrogens is 240 g/mol. The zero-order valence-corrected chi connectivity index (χ0v) is 10.7. The average molecular weight is 258 g/mol. The van der Waals surface area contributed by atoms with Crippen LogP contribution in [-0.2, 0) is 10.0 Å². The number of hydrogen-bond acceptors (Lipinski definition) is 4. The second kappa shape index (κ2) is 6.46. The fourth-order valence-electron chi connectivity index (χ4n) is 1.20. The standard InChI is InChI=1S/C11H18N2O3S/c1-2-6-13-17(14,15)8-7-16-11-5-3-4-10(12)9-11/h3-5,9,13H,2,6-8,12H2,1H3. The molecule has 6 heteroatoms. The molecule has 1 aromatic carbocycles. The zero-order valence-electron chi connectivity index (χ0n) is 9.85. The number of sulfonamides is 1. The van der Waals surface area contributed by atoms with Gasteiger partial charge < -0.3 is 10.5 Å². The summed E-state index contributed by atoms with van der Waals surface area (Å²) in [6.45, 7) is 2.48. The van der Waals surface area contributed by atoms with E-state index >= 15 is 0 Å². The monoisotopic (exact) mass is 258 g/mol. The Hall–Kier alpha value is -1.27. The van der Waals surface area contributed by atoms with E-state index in [1.54, 1.807) is 24.3 Å². The maximum absolute atomic E-state index is 11.4. The molecule has 0 unspecified atom stereocenters. The normalized spacial score (nSPS) is 11.4. The van der Waals surface area contributed by atoms with Crippen LogP contribution in [0.4, 0.5) is 5.69 Å². The van der Waals surface area contributed by atoms with Crippen LogP contribution in [0, 0.1) is 0 Å². The summed E-state index contributed by atoms with van der Waals surface area (Å²) in [5.74, 6) is 0.526. The van der Waals surface area contributed by atoms with Crippen LogP contribution < -0.4 is 15.2 Å². The summed E-state index contributed by atoms with van der Waals surface area (Å²) in [4.78, 5) is 0. The molecule has 0 saturated heterocycles. The lowest BCUT2D eigenvalue weighted by Crippen LogP contribution is -2.29. The van der Waals surface area contributed by atoms with E-state index in [4.69, 9.17) is 10.5 Å². The molecule has 0 aliphatic heterocycles. The highest BCUT2D eigenvalue weighted by Crippen LogP contribution is 2.14. The van der Waals surface area contributed by atoms with Gasteiger partial charge in [0.25, 0.3) is 0 Å². The van der Waals surface area contributed by atoms with Crippen LogP contribution in [0.15, 0.2) is 24.3 Å². The molecule has 96 valence electrons. The zero-order chi connectivity index (χ0) is 12.7. The van der Waals surface area contributed by atoms with Crippen molar-refractivity contribution in [3.63, 3.8) is 0 Å². The number of nitrogen functional groups attached to an aromatic ring is 1. The Kier molecular flexibility index (Phi) is 5.24. The molecule has 0 radical (unpaired) electrons. The van der Waals surface area contributed by atoms with Gasteiger partial charge in [-0.2, -0.15) is 0 Å². The summed E-state index contributed by atoms with van der Waals surface area (Å²) in [5, 5.41) is 0. The van der Waals surface area contributed by atoms with Crippen LogP contribution >= 0.6 is 0 Å². The largest absolute Gasteiger partial charge is 0.492 e. The molecule has 0 aliphatic rings. The number of benzene rings is 1. The third kappa shape index (κ3) is 5.55. The summed E-state index contributed by atoms with van der Waals surface area (Å²) < 4.78 is 30.6. The van der Waals surface area contributed by atoms with Gasteiger partial charge in [-0.1, -0.05) is 13.0 Å². The number of nitrogens with two attached hydrogens (primary N) is 1. The quantitative estimate of drug-likeness (QED) is 0.714. The third-order valence-electron chi connectivity index (χ3n) is 2.05. The van der Waals surface area contributed by atoms with Gasteiger partial charge in [-0.3, -0.25) is 0 Å². The van der Waals surface area contributed by atoms with E-state index in [2.05, 4.69) is 4.72 Å². The predicted octanol–water partition coefficient (Wildman–Crippen LogP) is 0.977. The van der Waals surface area contributed by atoms with E-state index in [-0.39, 0.29) is 12.4 Å². The maximum atomic E-state index is 11.4. The van der Waals surface area contributed by atoms with E-state index in [9.17, 15) is 8.42 Å². The smallest absolute Gasteiger partial charge is 0.214 e. The van der Waals surface area contributed by atoms with Crippen LogP contribution in [0.3, 0.4) is 0 Å². The van der Waals surface area contributed by atoms with Gasteiger partial charge in [0.05, 0.1) is 5.75 Å². The molecule has 1 rings (SSSR count). The first kappa shape index (κ1) is 13.8. The van der Waals surface area contributed by atoms with Crippen LogP contribution in [0.2, 0.25) is 0 Å². The molecule has 0 fully saturated rings. The van der Waals surface area contributed by atoms with Gasteiger partial charge >= 0.3 is 0 Å². The molecule has 17 heavy (non-hydrogen) atoms. The first-order valence-corrected chi connectivity index (χ1v) is 7.14. The minimum Gasteiger partial charge on any atom is -0.492 e. The molecule has 0 aromatic heterocycles. The molecule has 5 nitrogen and oxygen atoms in total. The van der Waals surface area contributed by atoms with Crippen LogP contribution in [0.1, 0.15) is 13.3 Å². The molecule has 0 amide bonds. The Labute approximate surface area is 102 Å². The van der Waals surface area contributed by atoms with E-state index in [0.717, 1.165) is 6.42 Å². The molecule has 0 saturated carbocycles. The van der Waals surface area contributed by atoms with Crippen LogP contribution in [0.25, 0.3) is 0 Å². The fourth-order valence-corrected chi connectivity index (χ4v) is 2.17. The fraction of sp³-hybridized carbons (Fsp3) is 0.455. The Morgan fingerprint density at radius 3 is 2.82 bits per heavy atom. The number of ether oxygens (including phenoxy) is 1. The van der Waals surface area contributed by atoms with Gasteiger partial charge in [-0.25, -0.2) is 13.1 Å². The summed E-state index contributed by atoms with van der Waals surface area (Å²) in [6.07, 6.45) is 0.773. The van der Waals surface area contributed by atoms with Gasteiger partial charge in [0.1, 0.15) is 12.4 Å². The summed E-state index contributed by atoms with van der Waals surface area (Å²) in [6, 6.07) is 6.90. The Balaban J connectivity index is 2.37. The van der Waals surface area contributed by atoms with Crippen molar-refractivity contribution in [1.29, 1.82) is 0 Å². The second-order valence-electron chi connectivity index (χ2n) is 3.63. The topological polar surface area (TPSA) is 81.4 Å². The SMILES string of the molecule is CCCNS(=O)(=O)CCOc1cccc(N)c1. The molecule has 1 aromatic rings. The Morgan fingerprint density at radius 2 is 2.18 bits per heavy atom. The number of anilines is 1. The molecule has 3 N–H and O–H groups in total. The molecule has 0 atom stereocenters. The van der Waals surface area contributed by atoms with E-state index in [0.29, 0.717) is 18.0 Å². The van der Waals surface area contributed by atoms with Crippen molar-refractivity contribution >= 4 is 15.7 Å². The number of rotatable bonds is 7. The summed E-state index contributed by atoms with van der Waals surface area (Å²) in [5.41, 5.74) is 6.16.